The lowest BCUT2D eigenvalue weighted by Crippen LogP contribution is -2.56. The number of hydrogen-bond donors (Lipinski definition) is 0. The van der Waals surface area contributed by atoms with E-state index in [9.17, 15) is 4.79 Å². The summed E-state index contributed by atoms with van der Waals surface area (Å²) in [5.74, 6) is 0.654. The van der Waals surface area contributed by atoms with E-state index >= 15 is 0 Å². The van der Waals surface area contributed by atoms with Gasteiger partial charge in [0.1, 0.15) is 11.4 Å². The van der Waals surface area contributed by atoms with Gasteiger partial charge >= 0.3 is 0 Å². The van der Waals surface area contributed by atoms with E-state index in [1.165, 1.54) is 0 Å². The van der Waals surface area contributed by atoms with Crippen molar-refractivity contribution >= 4 is 5.78 Å². The number of ether oxygens (including phenoxy) is 1. The van der Waals surface area contributed by atoms with Crippen LogP contribution < -0.4 is 0 Å². The van der Waals surface area contributed by atoms with Crippen molar-refractivity contribution < 1.29 is 9.53 Å². The van der Waals surface area contributed by atoms with Crippen molar-refractivity contribution in [3.8, 4) is 0 Å². The van der Waals surface area contributed by atoms with Gasteiger partial charge < -0.3 is 4.74 Å². The Bertz CT molecular complexity index is 399. The highest BCUT2D eigenvalue weighted by molar-refractivity contribution is 5.94. The van der Waals surface area contributed by atoms with E-state index in [0.717, 1.165) is 32.1 Å². The molecule has 0 aromatic rings. The maximum absolute atomic E-state index is 12.5. The molecule has 2 heteroatoms. The van der Waals surface area contributed by atoms with E-state index in [0.29, 0.717) is 5.78 Å². The third-order valence-electron chi connectivity index (χ3n) is 5.39. The first-order chi connectivity index (χ1) is 7.12. The predicted octanol–water partition coefficient (Wildman–Crippen LogP) is 2.23. The quantitative estimate of drug-likeness (QED) is 0.566. The molecule has 4 rings (SSSR count). The number of hydrogen-bond acceptors (Lipinski definition) is 2. The van der Waals surface area contributed by atoms with Crippen LogP contribution in [-0.2, 0) is 9.53 Å². The van der Waals surface area contributed by atoms with E-state index < -0.39 is 0 Å². The van der Waals surface area contributed by atoms with Crippen LogP contribution in [0.15, 0.2) is 12.2 Å². The number of carbonyl (C=O) groups excluding carboxylic acids is 1. The number of rotatable bonds is 0. The topological polar surface area (TPSA) is 26.3 Å². The fraction of sp³-hybridized carbons (Fsp3) is 0.769. The molecule has 3 fully saturated rings. The molecule has 0 aromatic heterocycles. The number of fused-ring (bicyclic) bond motifs is 3. The molecule has 0 N–H and O–H groups in total. The molecule has 4 aliphatic rings. The van der Waals surface area contributed by atoms with Crippen molar-refractivity contribution in [2.75, 3.05) is 0 Å². The van der Waals surface area contributed by atoms with Crippen molar-refractivity contribution in [3.63, 3.8) is 0 Å². The molecule has 2 aliphatic carbocycles. The first-order valence-corrected chi connectivity index (χ1v) is 6.07. The Morgan fingerprint density at radius 1 is 1.33 bits per heavy atom. The van der Waals surface area contributed by atoms with Crippen LogP contribution in [0, 0.1) is 11.3 Å². The van der Waals surface area contributed by atoms with Crippen molar-refractivity contribution in [1.82, 2.24) is 0 Å². The summed E-state index contributed by atoms with van der Waals surface area (Å²) in [4.78, 5) is 12.5. The summed E-state index contributed by atoms with van der Waals surface area (Å²) in [5, 5.41) is 0. The Morgan fingerprint density at radius 2 is 2.20 bits per heavy atom. The Kier molecular flexibility index (Phi) is 1.18. The van der Waals surface area contributed by atoms with Gasteiger partial charge in [0.2, 0.25) is 0 Å². The molecule has 0 radical (unpaired) electrons. The van der Waals surface area contributed by atoms with Crippen molar-refractivity contribution in [3.05, 3.63) is 12.2 Å². The average molecular weight is 204 g/mol. The summed E-state index contributed by atoms with van der Waals surface area (Å²) in [5.41, 5.74) is -0.600. The minimum absolute atomic E-state index is 0.121. The van der Waals surface area contributed by atoms with Crippen molar-refractivity contribution in [2.24, 2.45) is 11.3 Å². The van der Waals surface area contributed by atoms with Crippen LogP contribution >= 0.6 is 0 Å². The van der Waals surface area contributed by atoms with Gasteiger partial charge in [-0.3, -0.25) is 4.79 Å². The minimum atomic E-state index is -0.276. The zero-order valence-corrected chi connectivity index (χ0v) is 9.08. The molecular weight excluding hydrogens is 188 g/mol. The predicted molar refractivity (Wildman–Crippen MR) is 55.4 cm³/mol. The van der Waals surface area contributed by atoms with Gasteiger partial charge in [-0.2, -0.15) is 0 Å². The highest BCUT2D eigenvalue weighted by Gasteiger charge is 2.72. The zero-order valence-electron chi connectivity index (χ0n) is 9.08. The fourth-order valence-corrected chi connectivity index (χ4v) is 4.64. The van der Waals surface area contributed by atoms with Crippen LogP contribution in [0.5, 0.6) is 0 Å². The SMILES string of the molecule is C[C@]12C=C[C@@]3(CCC[C@@]34CC[C@@H]1C4=O)O2. The van der Waals surface area contributed by atoms with E-state index in [4.69, 9.17) is 4.74 Å². The van der Waals surface area contributed by atoms with E-state index in [-0.39, 0.29) is 22.5 Å². The molecular formula is C13H16O2. The van der Waals surface area contributed by atoms with Crippen LogP contribution in [0.2, 0.25) is 0 Å². The van der Waals surface area contributed by atoms with Gasteiger partial charge in [-0.15, -0.1) is 0 Å². The molecule has 4 atom stereocenters. The molecule has 1 saturated heterocycles. The number of ketones is 1. The summed E-state index contributed by atoms with van der Waals surface area (Å²) in [6, 6.07) is 0. The summed E-state index contributed by atoms with van der Waals surface area (Å²) in [6.07, 6.45) is 9.76. The molecule has 0 amide bonds. The first-order valence-electron chi connectivity index (χ1n) is 6.07. The molecule has 15 heavy (non-hydrogen) atoms. The summed E-state index contributed by atoms with van der Waals surface area (Å²) >= 11 is 0. The van der Waals surface area contributed by atoms with Gasteiger partial charge in [0.25, 0.3) is 0 Å². The lowest BCUT2D eigenvalue weighted by Gasteiger charge is -2.46. The van der Waals surface area contributed by atoms with Crippen LogP contribution in [0.4, 0.5) is 0 Å². The van der Waals surface area contributed by atoms with Crippen LogP contribution in [0.1, 0.15) is 39.0 Å². The molecule has 2 saturated carbocycles. The molecule has 4 bridgehead atoms. The Labute approximate surface area is 89.7 Å². The summed E-state index contributed by atoms with van der Waals surface area (Å²) in [6.45, 7) is 2.09. The third-order valence-corrected chi connectivity index (χ3v) is 5.39. The Morgan fingerprint density at radius 3 is 3.07 bits per heavy atom. The number of Topliss-reactive ketones (excluding diaryl/α,β-unsaturated/α-hetero) is 1. The van der Waals surface area contributed by atoms with E-state index in [1.807, 2.05) is 0 Å². The smallest absolute Gasteiger partial charge is 0.148 e. The highest BCUT2D eigenvalue weighted by atomic mass is 16.5. The Hall–Kier alpha value is -0.630. The van der Waals surface area contributed by atoms with Crippen molar-refractivity contribution in [2.45, 2.75) is 50.2 Å². The van der Waals surface area contributed by atoms with Crippen LogP contribution in [-0.4, -0.2) is 17.0 Å². The standard InChI is InChI=1S/C13H16O2/c1-11-7-8-13(15-11)5-2-4-12(13)6-3-9(11)10(12)14/h7-9H,2-6H2,1H3/t9-,11+,12+,13-/m1/s1. The molecule has 80 valence electrons. The highest BCUT2D eigenvalue weighted by Crippen LogP contribution is 2.67. The van der Waals surface area contributed by atoms with Gasteiger partial charge in [0, 0.05) is 0 Å². The largest absolute Gasteiger partial charge is 0.359 e. The maximum Gasteiger partial charge on any atom is 0.148 e. The van der Waals surface area contributed by atoms with Gasteiger partial charge in [0.05, 0.1) is 16.9 Å². The molecule has 2 nitrogen and oxygen atoms in total. The molecule has 2 aliphatic heterocycles. The molecule has 2 spiro atoms. The van der Waals surface area contributed by atoms with Crippen molar-refractivity contribution in [1.29, 1.82) is 0 Å². The van der Waals surface area contributed by atoms with Crippen LogP contribution in [0.3, 0.4) is 0 Å². The molecule has 0 aromatic carbocycles. The van der Waals surface area contributed by atoms with Gasteiger partial charge in [-0.25, -0.2) is 0 Å². The minimum Gasteiger partial charge on any atom is -0.359 e. The normalized spacial score (nSPS) is 60.1. The van der Waals surface area contributed by atoms with E-state index in [2.05, 4.69) is 19.1 Å². The second-order valence-electron chi connectivity index (χ2n) is 5.90. The fourth-order valence-electron chi connectivity index (χ4n) is 4.64. The maximum atomic E-state index is 12.5. The second kappa shape index (κ2) is 2.08. The molecule has 0 unspecified atom stereocenters. The lowest BCUT2D eigenvalue weighted by molar-refractivity contribution is -0.185. The van der Waals surface area contributed by atoms with Gasteiger partial charge in [0.15, 0.2) is 0 Å². The zero-order chi connectivity index (χ0) is 10.3. The monoisotopic (exact) mass is 204 g/mol. The first kappa shape index (κ1) is 8.51. The van der Waals surface area contributed by atoms with Gasteiger partial charge in [-0.05, 0) is 39.0 Å². The summed E-state index contributed by atoms with van der Waals surface area (Å²) < 4.78 is 6.31. The third kappa shape index (κ3) is 0.655. The second-order valence-corrected chi connectivity index (χ2v) is 5.90. The lowest BCUT2D eigenvalue weighted by atomic mass is 9.70. The van der Waals surface area contributed by atoms with E-state index in [1.54, 1.807) is 0 Å². The molecule has 2 heterocycles. The number of carbonyl (C=O) groups is 1. The van der Waals surface area contributed by atoms with Crippen LogP contribution in [0.25, 0.3) is 0 Å². The summed E-state index contributed by atoms with van der Waals surface area (Å²) in [7, 11) is 0. The Balaban J connectivity index is 2.00. The van der Waals surface area contributed by atoms with Gasteiger partial charge in [-0.1, -0.05) is 12.2 Å². The average Bonchev–Trinajstić information content (AvgIpc) is 2.78.